The number of aliphatic carboxylic acids is 1. The first kappa shape index (κ1) is 26.9. The van der Waals surface area contributed by atoms with Gasteiger partial charge in [0.15, 0.2) is 11.5 Å². The molecule has 0 spiro atoms. The van der Waals surface area contributed by atoms with E-state index in [4.69, 9.17) is 24.1 Å². The fraction of sp³-hybridized carbons (Fsp3) is 0.261. The highest BCUT2D eigenvalue weighted by atomic mass is 19.1. The van der Waals surface area contributed by atoms with Crippen molar-refractivity contribution >= 4 is 41.4 Å². The quantitative estimate of drug-likeness (QED) is 0.225. The Morgan fingerprint density at radius 1 is 1.13 bits per heavy atom. The number of anilines is 4. The van der Waals surface area contributed by atoms with E-state index in [9.17, 15) is 14.5 Å². The number of nitrogens with zero attached hydrogens (tertiary/aromatic N) is 6. The van der Waals surface area contributed by atoms with Gasteiger partial charge in [-0.15, -0.1) is 0 Å². The molecule has 3 N–H and O–H groups in total. The van der Waals surface area contributed by atoms with Crippen LogP contribution in [0.4, 0.5) is 33.6 Å². The molecule has 15 nitrogen and oxygen atoms in total. The third kappa shape index (κ3) is 7.45. The molecule has 3 aromatic rings. The minimum Gasteiger partial charge on any atom is -0.481 e. The van der Waals surface area contributed by atoms with Gasteiger partial charge in [0, 0.05) is 25.7 Å². The molecule has 0 saturated carbocycles. The van der Waals surface area contributed by atoms with Gasteiger partial charge >= 0.3 is 0 Å². The average Bonchev–Trinajstić information content (AvgIpc) is 3.37. The fourth-order valence-corrected chi connectivity index (χ4v) is 3.41. The number of hydrazone groups is 1. The minimum atomic E-state index is -0.833. The van der Waals surface area contributed by atoms with Crippen molar-refractivity contribution in [2.45, 2.75) is 6.92 Å². The number of morpholine rings is 1. The number of hydrogen-bond donors (Lipinski definition) is 3. The molecule has 3 heterocycles. The van der Waals surface area contributed by atoms with E-state index in [1.807, 2.05) is 4.90 Å². The van der Waals surface area contributed by atoms with E-state index in [-0.39, 0.29) is 35.8 Å². The number of ether oxygens (including phenoxy) is 3. The number of carbonyl (C=O) groups is 1. The van der Waals surface area contributed by atoms with Gasteiger partial charge in [0.1, 0.15) is 5.82 Å². The van der Waals surface area contributed by atoms with Crippen LogP contribution in [0.3, 0.4) is 0 Å². The van der Waals surface area contributed by atoms with E-state index in [0.717, 1.165) is 6.92 Å². The first-order chi connectivity index (χ1) is 18.8. The highest BCUT2D eigenvalue weighted by Crippen LogP contribution is 2.37. The largest absolute Gasteiger partial charge is 0.481 e. The number of carboxylic acid groups (broad SMARTS) is 1. The van der Waals surface area contributed by atoms with Gasteiger partial charge in [-0.1, -0.05) is 0 Å². The lowest BCUT2D eigenvalue weighted by Crippen LogP contribution is -2.37. The summed E-state index contributed by atoms with van der Waals surface area (Å²) in [5, 5.41) is 26.0. The van der Waals surface area contributed by atoms with Crippen LogP contribution in [0, 0.1) is 15.9 Å². The fourth-order valence-electron chi connectivity index (χ4n) is 3.41. The molecule has 0 atom stereocenters. The van der Waals surface area contributed by atoms with Crippen molar-refractivity contribution in [2.75, 3.05) is 48.7 Å². The number of hydrogen-bond acceptors (Lipinski definition) is 13. The molecule has 0 aliphatic carbocycles. The van der Waals surface area contributed by atoms with Gasteiger partial charge in [0.2, 0.25) is 24.6 Å². The SMILES string of the molecule is CC(=O)O.O=[N+]([O-])c1cc2c(cc1/C=N/Nc1nc(Nc3ccc(F)cc3)nc(N3CCOCC3)n1)OCO2. The third-order valence-electron chi connectivity index (χ3n) is 5.10. The van der Waals surface area contributed by atoms with Crippen LogP contribution < -0.4 is 25.1 Å². The molecular weight excluding hydrogens is 519 g/mol. The van der Waals surface area contributed by atoms with E-state index < -0.39 is 10.9 Å². The summed E-state index contributed by atoms with van der Waals surface area (Å²) in [7, 11) is 0. The highest BCUT2D eigenvalue weighted by Gasteiger charge is 2.22. The average molecular weight is 542 g/mol. The van der Waals surface area contributed by atoms with Gasteiger partial charge in [0.25, 0.3) is 11.7 Å². The van der Waals surface area contributed by atoms with Crippen LogP contribution in [0.25, 0.3) is 0 Å². The topological polar surface area (TPSA) is 186 Å². The monoisotopic (exact) mass is 542 g/mol. The summed E-state index contributed by atoms with van der Waals surface area (Å²) in [5.74, 6) is 0.184. The van der Waals surface area contributed by atoms with Crippen molar-refractivity contribution < 1.29 is 33.4 Å². The normalized spacial score (nSPS) is 13.9. The Balaban J connectivity index is 0.000000826. The maximum absolute atomic E-state index is 13.3. The summed E-state index contributed by atoms with van der Waals surface area (Å²) >= 11 is 0. The van der Waals surface area contributed by atoms with Crippen LogP contribution >= 0.6 is 0 Å². The van der Waals surface area contributed by atoms with Gasteiger partial charge in [-0.2, -0.15) is 20.1 Å². The molecule has 1 saturated heterocycles. The molecule has 16 heteroatoms. The van der Waals surface area contributed by atoms with Gasteiger partial charge in [-0.3, -0.25) is 14.9 Å². The molecule has 2 aliphatic heterocycles. The van der Waals surface area contributed by atoms with E-state index in [1.54, 1.807) is 12.1 Å². The van der Waals surface area contributed by atoms with E-state index in [2.05, 4.69) is 30.8 Å². The highest BCUT2D eigenvalue weighted by molar-refractivity contribution is 5.87. The number of nitro groups is 1. The molecule has 204 valence electrons. The minimum absolute atomic E-state index is 0.00958. The van der Waals surface area contributed by atoms with Gasteiger partial charge in [-0.05, 0) is 30.3 Å². The molecule has 2 aromatic carbocycles. The van der Waals surface area contributed by atoms with E-state index in [0.29, 0.717) is 49.4 Å². The summed E-state index contributed by atoms with van der Waals surface area (Å²) in [4.78, 5) is 35.0. The van der Waals surface area contributed by atoms with Crippen LogP contribution in [0.2, 0.25) is 0 Å². The van der Waals surface area contributed by atoms with Crippen LogP contribution in [0.15, 0.2) is 41.5 Å². The Morgan fingerprint density at radius 3 is 2.44 bits per heavy atom. The Morgan fingerprint density at radius 2 is 1.77 bits per heavy atom. The van der Waals surface area contributed by atoms with Crippen molar-refractivity contribution in [1.29, 1.82) is 0 Å². The third-order valence-corrected chi connectivity index (χ3v) is 5.10. The molecule has 0 unspecified atom stereocenters. The lowest BCUT2D eigenvalue weighted by atomic mass is 10.1. The van der Waals surface area contributed by atoms with Crippen LogP contribution in [-0.2, 0) is 9.53 Å². The Kier molecular flexibility index (Phi) is 8.57. The molecule has 2 aliphatic rings. The predicted octanol–water partition coefficient (Wildman–Crippen LogP) is 2.76. The number of fused-ring (bicyclic) bond motifs is 1. The summed E-state index contributed by atoms with van der Waals surface area (Å²) < 4.78 is 29.1. The van der Waals surface area contributed by atoms with Crippen molar-refractivity contribution in [3.63, 3.8) is 0 Å². The summed E-state index contributed by atoms with van der Waals surface area (Å²) in [6, 6.07) is 8.49. The summed E-state index contributed by atoms with van der Waals surface area (Å²) in [6.45, 7) is 3.31. The Bertz CT molecular complexity index is 1360. The van der Waals surface area contributed by atoms with Crippen molar-refractivity contribution in [3.05, 3.63) is 57.9 Å². The summed E-state index contributed by atoms with van der Waals surface area (Å²) in [5.41, 5.74) is 3.29. The van der Waals surface area contributed by atoms with Crippen LogP contribution in [0.1, 0.15) is 12.5 Å². The molecule has 1 aromatic heterocycles. The van der Waals surface area contributed by atoms with Gasteiger partial charge in [-0.25, -0.2) is 9.82 Å². The van der Waals surface area contributed by atoms with Crippen molar-refractivity contribution in [1.82, 2.24) is 15.0 Å². The zero-order valence-corrected chi connectivity index (χ0v) is 20.5. The predicted molar refractivity (Wildman–Crippen MR) is 136 cm³/mol. The lowest BCUT2D eigenvalue weighted by Gasteiger charge is -2.27. The molecule has 0 radical (unpaired) electrons. The van der Waals surface area contributed by atoms with Crippen LogP contribution in [0.5, 0.6) is 11.5 Å². The number of rotatable bonds is 7. The molecule has 0 amide bonds. The zero-order valence-electron chi connectivity index (χ0n) is 20.5. The molecule has 5 rings (SSSR count). The lowest BCUT2D eigenvalue weighted by molar-refractivity contribution is -0.385. The number of benzene rings is 2. The maximum Gasteiger partial charge on any atom is 0.300 e. The molecule has 0 bridgehead atoms. The second kappa shape index (κ2) is 12.4. The van der Waals surface area contributed by atoms with Crippen LogP contribution in [-0.4, -0.2) is 70.3 Å². The van der Waals surface area contributed by atoms with Gasteiger partial charge in [0.05, 0.1) is 36.0 Å². The van der Waals surface area contributed by atoms with Gasteiger partial charge < -0.3 is 29.5 Å². The number of carboxylic acids is 1. The number of nitrogens with one attached hydrogen (secondary N) is 2. The first-order valence-electron chi connectivity index (χ1n) is 11.5. The molecule has 1 fully saturated rings. The number of nitro benzene ring substituents is 1. The second-order valence-corrected chi connectivity index (χ2v) is 7.92. The first-order valence-corrected chi connectivity index (χ1v) is 11.5. The number of halogens is 1. The standard InChI is InChI=1S/C21H19FN8O5.C2H4O2/c22-14-1-3-15(4-2-14)24-19-25-20(27-21(26-19)29-5-7-33-8-6-29)28-23-11-13-9-17-18(35-12-34-17)10-16(13)30(31)32;1-2(3)4/h1-4,9-11H,5-8,12H2,(H2,24,25,26,27,28);1H3,(H,3,4)/b23-11+;. The second-order valence-electron chi connectivity index (χ2n) is 7.92. The molecule has 39 heavy (non-hydrogen) atoms. The Hall–Kier alpha value is -5.12. The maximum atomic E-state index is 13.3. The van der Waals surface area contributed by atoms with Crippen molar-refractivity contribution in [3.8, 4) is 11.5 Å². The molecular formula is C23H23FN8O7. The summed E-state index contributed by atoms with van der Waals surface area (Å²) in [6.07, 6.45) is 1.27. The van der Waals surface area contributed by atoms with E-state index >= 15 is 0 Å². The Labute approximate surface area is 220 Å². The van der Waals surface area contributed by atoms with E-state index in [1.165, 1.54) is 30.5 Å². The van der Waals surface area contributed by atoms with Crippen molar-refractivity contribution in [2.24, 2.45) is 5.10 Å². The smallest absolute Gasteiger partial charge is 0.300 e. The zero-order chi connectivity index (χ0) is 27.8. The number of aromatic nitrogens is 3.